The molecule has 1 atom stereocenters. The van der Waals surface area contributed by atoms with Gasteiger partial charge in [-0.2, -0.15) is 13.2 Å². The highest BCUT2D eigenvalue weighted by molar-refractivity contribution is 7.19. The molecule has 1 unspecified atom stereocenters. The third-order valence-electron chi connectivity index (χ3n) is 5.31. The number of nitrogens with one attached hydrogen (secondary N) is 2. The van der Waals surface area contributed by atoms with Crippen LogP contribution in [0.4, 0.5) is 18.2 Å². The first-order valence-corrected chi connectivity index (χ1v) is 12.4. The maximum absolute atomic E-state index is 13.5. The molecule has 4 aromatic rings. The summed E-state index contributed by atoms with van der Waals surface area (Å²) in [5.74, 6) is -2.11. The van der Waals surface area contributed by atoms with Crippen molar-refractivity contribution in [1.29, 1.82) is 0 Å². The van der Waals surface area contributed by atoms with Crippen molar-refractivity contribution in [2.45, 2.75) is 19.1 Å². The Bertz CT molecular complexity index is 1490. The van der Waals surface area contributed by atoms with Crippen molar-refractivity contribution in [2.75, 3.05) is 5.32 Å². The van der Waals surface area contributed by atoms with Crippen molar-refractivity contribution in [3.8, 4) is 16.3 Å². The van der Waals surface area contributed by atoms with E-state index in [1.54, 1.807) is 30.3 Å². The standard InChI is InChI=1S/C25H17Cl2F3N4O3S/c1-12(14-9-5-6-10-15(14)25(28,29)30)31-22(37)18-24(38-23(33-18)13-7-3-2-4-8-13)34-21(36)17-11-16(26)19(35)20(27)32-17/h2-12,35H,1H3,(H,31,37)(H,34,36). The third-order valence-corrected chi connectivity index (χ3v) is 6.88. The molecular formula is C25H17Cl2F3N4O3S. The van der Waals surface area contributed by atoms with Gasteiger partial charge in [0.25, 0.3) is 11.8 Å². The Morgan fingerprint density at radius 2 is 1.66 bits per heavy atom. The Balaban J connectivity index is 1.68. The summed E-state index contributed by atoms with van der Waals surface area (Å²) in [6, 6.07) is 13.8. The molecular weight excluding hydrogens is 564 g/mol. The smallest absolute Gasteiger partial charge is 0.416 e. The number of aromatic hydroxyl groups is 1. The lowest BCUT2D eigenvalue weighted by molar-refractivity contribution is -0.138. The number of benzene rings is 2. The van der Waals surface area contributed by atoms with Crippen molar-refractivity contribution in [2.24, 2.45) is 0 Å². The maximum Gasteiger partial charge on any atom is 0.416 e. The van der Waals surface area contributed by atoms with Gasteiger partial charge in [-0.05, 0) is 24.6 Å². The summed E-state index contributed by atoms with van der Waals surface area (Å²) in [5.41, 5.74) is -0.816. The molecule has 0 radical (unpaired) electrons. The van der Waals surface area contributed by atoms with Gasteiger partial charge >= 0.3 is 6.18 Å². The van der Waals surface area contributed by atoms with Crippen LogP contribution in [0.25, 0.3) is 10.6 Å². The van der Waals surface area contributed by atoms with Gasteiger partial charge in [-0.1, -0.05) is 83.1 Å². The fourth-order valence-corrected chi connectivity index (χ4v) is 4.90. The molecule has 38 heavy (non-hydrogen) atoms. The summed E-state index contributed by atoms with van der Waals surface area (Å²) in [4.78, 5) is 34.3. The van der Waals surface area contributed by atoms with Crippen molar-refractivity contribution in [3.05, 3.63) is 93.4 Å². The summed E-state index contributed by atoms with van der Waals surface area (Å²) >= 11 is 12.7. The second-order valence-electron chi connectivity index (χ2n) is 7.93. The molecule has 13 heteroatoms. The van der Waals surface area contributed by atoms with Gasteiger partial charge in [0, 0.05) is 5.56 Å². The van der Waals surface area contributed by atoms with Crippen LogP contribution in [0.2, 0.25) is 10.2 Å². The Kier molecular flexibility index (Phi) is 7.91. The SMILES string of the molecule is CC(NC(=O)c1nc(-c2ccccc2)sc1NC(=O)c1cc(Cl)c(O)c(Cl)n1)c1ccccc1C(F)(F)F. The first-order valence-electron chi connectivity index (χ1n) is 10.8. The molecule has 4 rings (SSSR count). The molecule has 3 N–H and O–H groups in total. The minimum absolute atomic E-state index is 0.0183. The van der Waals surface area contributed by atoms with E-state index in [1.807, 2.05) is 0 Å². The molecule has 0 aliphatic heterocycles. The average Bonchev–Trinajstić information content (AvgIpc) is 3.30. The zero-order valence-corrected chi connectivity index (χ0v) is 21.6. The summed E-state index contributed by atoms with van der Waals surface area (Å²) in [7, 11) is 0. The van der Waals surface area contributed by atoms with E-state index in [4.69, 9.17) is 23.2 Å². The van der Waals surface area contributed by atoms with Crippen LogP contribution in [-0.4, -0.2) is 26.9 Å². The quantitative estimate of drug-likeness (QED) is 0.213. The fourth-order valence-electron chi connectivity index (χ4n) is 3.50. The number of carbonyl (C=O) groups is 2. The zero-order valence-electron chi connectivity index (χ0n) is 19.3. The van der Waals surface area contributed by atoms with Gasteiger partial charge in [-0.3, -0.25) is 9.59 Å². The molecule has 2 aromatic heterocycles. The number of hydrogen-bond acceptors (Lipinski definition) is 6. The van der Waals surface area contributed by atoms with Crippen LogP contribution in [0.1, 0.15) is 45.1 Å². The van der Waals surface area contributed by atoms with Crippen LogP contribution in [0.3, 0.4) is 0 Å². The fraction of sp³-hybridized carbons (Fsp3) is 0.120. The lowest BCUT2D eigenvalue weighted by Gasteiger charge is -2.19. The normalized spacial score (nSPS) is 12.2. The number of nitrogens with zero attached hydrogens (tertiary/aromatic N) is 2. The van der Waals surface area contributed by atoms with E-state index in [9.17, 15) is 27.9 Å². The zero-order chi connectivity index (χ0) is 27.6. The predicted molar refractivity (Wildman–Crippen MR) is 139 cm³/mol. The van der Waals surface area contributed by atoms with E-state index in [0.29, 0.717) is 10.6 Å². The van der Waals surface area contributed by atoms with Crippen molar-refractivity contribution < 1.29 is 27.9 Å². The van der Waals surface area contributed by atoms with E-state index in [1.165, 1.54) is 25.1 Å². The number of rotatable bonds is 6. The highest BCUT2D eigenvalue weighted by Gasteiger charge is 2.35. The Labute approximate surface area is 228 Å². The number of hydrogen-bond donors (Lipinski definition) is 3. The Hall–Kier alpha value is -3.67. The number of pyridine rings is 1. The number of halogens is 5. The third kappa shape index (κ3) is 5.90. The van der Waals surface area contributed by atoms with Gasteiger partial charge in [-0.15, -0.1) is 0 Å². The van der Waals surface area contributed by atoms with Crippen LogP contribution in [0, 0.1) is 0 Å². The number of alkyl halides is 3. The highest BCUT2D eigenvalue weighted by atomic mass is 35.5. The summed E-state index contributed by atoms with van der Waals surface area (Å²) in [5, 5.41) is 14.6. The molecule has 196 valence electrons. The van der Waals surface area contributed by atoms with Gasteiger partial charge in [0.2, 0.25) is 0 Å². The van der Waals surface area contributed by atoms with Crippen molar-refractivity contribution in [1.82, 2.24) is 15.3 Å². The molecule has 0 saturated carbocycles. The average molecular weight is 581 g/mol. The number of amides is 2. The van der Waals surface area contributed by atoms with E-state index < -0.39 is 40.5 Å². The lowest BCUT2D eigenvalue weighted by atomic mass is 10.0. The Morgan fingerprint density at radius 3 is 2.32 bits per heavy atom. The minimum Gasteiger partial charge on any atom is -0.504 e. The molecule has 2 heterocycles. The molecule has 0 fully saturated rings. The van der Waals surface area contributed by atoms with E-state index in [2.05, 4.69) is 20.6 Å². The Morgan fingerprint density at radius 1 is 1.00 bits per heavy atom. The predicted octanol–water partition coefficient (Wildman–Crippen LogP) is 6.98. The van der Waals surface area contributed by atoms with Gasteiger partial charge in [0.15, 0.2) is 16.6 Å². The molecule has 7 nitrogen and oxygen atoms in total. The number of thiazole rings is 1. The number of anilines is 1. The molecule has 0 aliphatic rings. The van der Waals surface area contributed by atoms with Crippen molar-refractivity contribution >= 4 is 51.4 Å². The minimum atomic E-state index is -4.62. The van der Waals surface area contributed by atoms with Crippen LogP contribution in [-0.2, 0) is 6.18 Å². The largest absolute Gasteiger partial charge is 0.504 e. The monoisotopic (exact) mass is 580 g/mol. The van der Waals surface area contributed by atoms with Crippen LogP contribution in [0.5, 0.6) is 5.75 Å². The lowest BCUT2D eigenvalue weighted by Crippen LogP contribution is -2.29. The van der Waals surface area contributed by atoms with E-state index >= 15 is 0 Å². The summed E-state index contributed by atoms with van der Waals surface area (Å²) in [6.45, 7) is 1.41. The van der Waals surface area contributed by atoms with Gasteiger partial charge < -0.3 is 15.7 Å². The van der Waals surface area contributed by atoms with E-state index in [0.717, 1.165) is 23.5 Å². The number of carbonyl (C=O) groups excluding carboxylic acids is 2. The van der Waals surface area contributed by atoms with Crippen LogP contribution in [0.15, 0.2) is 60.7 Å². The summed E-state index contributed by atoms with van der Waals surface area (Å²) in [6.07, 6.45) is -4.62. The maximum atomic E-state index is 13.5. The second-order valence-corrected chi connectivity index (χ2v) is 9.69. The first-order chi connectivity index (χ1) is 18.0. The van der Waals surface area contributed by atoms with Gasteiger partial charge in [0.05, 0.1) is 16.6 Å². The molecule has 0 spiro atoms. The van der Waals surface area contributed by atoms with Gasteiger partial charge in [0.1, 0.15) is 15.7 Å². The highest BCUT2D eigenvalue weighted by Crippen LogP contribution is 2.36. The molecule has 0 saturated heterocycles. The second kappa shape index (κ2) is 11.0. The molecule has 2 amide bonds. The van der Waals surface area contributed by atoms with Crippen molar-refractivity contribution in [3.63, 3.8) is 0 Å². The van der Waals surface area contributed by atoms with Gasteiger partial charge in [-0.25, -0.2) is 9.97 Å². The molecule has 0 bridgehead atoms. The summed E-state index contributed by atoms with van der Waals surface area (Å²) < 4.78 is 40.5. The van der Waals surface area contributed by atoms with Crippen LogP contribution >= 0.6 is 34.5 Å². The first kappa shape index (κ1) is 27.4. The topological polar surface area (TPSA) is 104 Å². The molecule has 0 aliphatic carbocycles. The molecule has 2 aromatic carbocycles. The number of aromatic nitrogens is 2. The van der Waals surface area contributed by atoms with Crippen LogP contribution < -0.4 is 10.6 Å². The van der Waals surface area contributed by atoms with E-state index in [-0.39, 0.29) is 27.0 Å².